The maximum atomic E-state index is 5.88. The molecule has 2 N–H and O–H groups in total. The molecule has 0 saturated carbocycles. The van der Waals surface area contributed by atoms with Crippen LogP contribution in [0.2, 0.25) is 5.02 Å². The third-order valence-corrected chi connectivity index (χ3v) is 1.81. The maximum absolute atomic E-state index is 5.88. The van der Waals surface area contributed by atoms with Crippen LogP contribution in [0.1, 0.15) is 5.56 Å². The number of hydrogen-bond acceptors (Lipinski definition) is 1. The molecule has 2 heteroatoms. The average Bonchev–Trinajstić information content (AvgIpc) is 1.93. The summed E-state index contributed by atoms with van der Waals surface area (Å²) in [5, 5.41) is 0.770. The van der Waals surface area contributed by atoms with Gasteiger partial charge in [-0.15, -0.1) is 0 Å². The van der Waals surface area contributed by atoms with Crippen LogP contribution in [0.5, 0.6) is 0 Å². The van der Waals surface area contributed by atoms with Crippen molar-refractivity contribution in [2.75, 3.05) is 0 Å². The number of benzene rings is 1. The first-order valence-corrected chi connectivity index (χ1v) is 3.90. The molecule has 11 heavy (non-hydrogen) atoms. The zero-order chi connectivity index (χ0) is 8.27. The van der Waals surface area contributed by atoms with Crippen molar-refractivity contribution in [1.29, 1.82) is 0 Å². The SMILES string of the molecule is [CH2]C(N)Cc1ccccc1Cl. The van der Waals surface area contributed by atoms with E-state index in [1.54, 1.807) is 0 Å². The molecule has 0 aliphatic rings. The Morgan fingerprint density at radius 2 is 2.09 bits per heavy atom. The molecule has 1 nitrogen and oxygen atoms in total. The van der Waals surface area contributed by atoms with Crippen molar-refractivity contribution in [3.8, 4) is 0 Å². The highest BCUT2D eigenvalue weighted by Crippen LogP contribution is 2.15. The largest absolute Gasteiger partial charge is 0.327 e. The van der Waals surface area contributed by atoms with E-state index in [-0.39, 0.29) is 6.04 Å². The fraction of sp³-hybridized carbons (Fsp3) is 0.222. The number of rotatable bonds is 2. The van der Waals surface area contributed by atoms with Gasteiger partial charge in [-0.3, -0.25) is 0 Å². The van der Waals surface area contributed by atoms with E-state index in [0.29, 0.717) is 0 Å². The molecule has 0 heterocycles. The predicted molar refractivity (Wildman–Crippen MR) is 48.5 cm³/mol. The first-order chi connectivity index (χ1) is 5.20. The molecule has 1 atom stereocenters. The fourth-order valence-corrected chi connectivity index (χ4v) is 1.16. The van der Waals surface area contributed by atoms with Gasteiger partial charge in [-0.1, -0.05) is 29.8 Å². The topological polar surface area (TPSA) is 26.0 Å². The minimum absolute atomic E-state index is 0.0742. The molecule has 0 fully saturated rings. The lowest BCUT2D eigenvalue weighted by molar-refractivity contribution is 0.807. The van der Waals surface area contributed by atoms with Gasteiger partial charge >= 0.3 is 0 Å². The normalized spacial score (nSPS) is 13.0. The molecule has 0 aromatic heterocycles. The van der Waals surface area contributed by atoms with Crippen molar-refractivity contribution in [1.82, 2.24) is 0 Å². The molecule has 0 bridgehead atoms. The van der Waals surface area contributed by atoms with E-state index >= 15 is 0 Å². The van der Waals surface area contributed by atoms with Gasteiger partial charge in [0.15, 0.2) is 0 Å². The molecule has 1 rings (SSSR count). The number of nitrogens with two attached hydrogens (primary N) is 1. The minimum Gasteiger partial charge on any atom is -0.327 e. The van der Waals surface area contributed by atoms with Crippen molar-refractivity contribution in [2.24, 2.45) is 5.73 Å². The molecule has 0 amide bonds. The summed E-state index contributed by atoms with van der Waals surface area (Å²) in [4.78, 5) is 0. The monoisotopic (exact) mass is 168 g/mol. The van der Waals surface area contributed by atoms with Crippen molar-refractivity contribution in [3.05, 3.63) is 41.8 Å². The van der Waals surface area contributed by atoms with Crippen LogP contribution in [0, 0.1) is 6.92 Å². The van der Waals surface area contributed by atoms with E-state index in [1.807, 2.05) is 24.3 Å². The fourth-order valence-electron chi connectivity index (χ4n) is 0.946. The smallest absolute Gasteiger partial charge is 0.0438 e. The second-order valence-electron chi connectivity index (χ2n) is 2.56. The Morgan fingerprint density at radius 1 is 1.45 bits per heavy atom. The van der Waals surface area contributed by atoms with Gasteiger partial charge in [-0.25, -0.2) is 0 Å². The van der Waals surface area contributed by atoms with Crippen molar-refractivity contribution in [2.45, 2.75) is 12.5 Å². The number of hydrogen-bond donors (Lipinski definition) is 1. The molecule has 0 spiro atoms. The first kappa shape index (κ1) is 8.57. The third kappa shape index (κ3) is 2.52. The quantitative estimate of drug-likeness (QED) is 0.719. The molecule has 0 aliphatic heterocycles. The zero-order valence-corrected chi connectivity index (χ0v) is 7.01. The Kier molecular flexibility index (Phi) is 2.92. The van der Waals surface area contributed by atoms with Crippen LogP contribution in [0.25, 0.3) is 0 Å². The minimum atomic E-state index is -0.0742. The van der Waals surface area contributed by atoms with Gasteiger partial charge < -0.3 is 5.73 Å². The molecular weight excluding hydrogens is 158 g/mol. The summed E-state index contributed by atoms with van der Waals surface area (Å²) < 4.78 is 0. The summed E-state index contributed by atoms with van der Waals surface area (Å²) in [6, 6.07) is 7.60. The summed E-state index contributed by atoms with van der Waals surface area (Å²) in [5.74, 6) is 0. The summed E-state index contributed by atoms with van der Waals surface area (Å²) in [6.45, 7) is 3.69. The molecule has 1 unspecified atom stereocenters. The van der Waals surface area contributed by atoms with Gasteiger partial charge in [0.25, 0.3) is 0 Å². The Morgan fingerprint density at radius 3 is 2.64 bits per heavy atom. The van der Waals surface area contributed by atoms with Crippen LogP contribution < -0.4 is 5.73 Å². The predicted octanol–water partition coefficient (Wildman–Crippen LogP) is 2.04. The third-order valence-electron chi connectivity index (χ3n) is 1.44. The van der Waals surface area contributed by atoms with Gasteiger partial charge in [0, 0.05) is 11.1 Å². The Balaban J connectivity index is 2.78. The summed E-state index contributed by atoms with van der Waals surface area (Å²) >= 11 is 5.88. The van der Waals surface area contributed by atoms with E-state index in [2.05, 4.69) is 6.92 Å². The average molecular weight is 169 g/mol. The van der Waals surface area contributed by atoms with Crippen molar-refractivity contribution >= 4 is 11.6 Å². The Bertz CT molecular complexity index is 233. The first-order valence-electron chi connectivity index (χ1n) is 3.52. The lowest BCUT2D eigenvalue weighted by atomic mass is 10.1. The van der Waals surface area contributed by atoms with Gasteiger partial charge in [0.1, 0.15) is 0 Å². The highest BCUT2D eigenvalue weighted by Gasteiger charge is 2.00. The molecule has 1 aromatic carbocycles. The Labute approximate surface area is 72.2 Å². The van der Waals surface area contributed by atoms with E-state index < -0.39 is 0 Å². The van der Waals surface area contributed by atoms with Crippen LogP contribution in [0.3, 0.4) is 0 Å². The van der Waals surface area contributed by atoms with Crippen LogP contribution in [-0.2, 0) is 6.42 Å². The lowest BCUT2D eigenvalue weighted by Gasteiger charge is -2.05. The second kappa shape index (κ2) is 3.74. The molecule has 1 radical (unpaired) electrons. The highest BCUT2D eigenvalue weighted by molar-refractivity contribution is 6.31. The highest BCUT2D eigenvalue weighted by atomic mass is 35.5. The standard InChI is InChI=1S/C9H11ClN/c1-7(11)6-8-4-2-3-5-9(8)10/h2-5,7H,1,6,11H2. The summed E-state index contributed by atoms with van der Waals surface area (Å²) in [6.07, 6.45) is 0.736. The number of halogens is 1. The Hall–Kier alpha value is -0.530. The van der Waals surface area contributed by atoms with Crippen LogP contribution >= 0.6 is 11.6 Å². The maximum Gasteiger partial charge on any atom is 0.0438 e. The van der Waals surface area contributed by atoms with Crippen molar-refractivity contribution < 1.29 is 0 Å². The van der Waals surface area contributed by atoms with Crippen molar-refractivity contribution in [3.63, 3.8) is 0 Å². The molecule has 0 saturated heterocycles. The van der Waals surface area contributed by atoms with E-state index in [4.69, 9.17) is 17.3 Å². The van der Waals surface area contributed by atoms with Gasteiger partial charge in [-0.05, 0) is 25.0 Å². The molecule has 0 aliphatic carbocycles. The van der Waals surface area contributed by atoms with E-state index in [0.717, 1.165) is 17.0 Å². The summed E-state index contributed by atoms with van der Waals surface area (Å²) in [7, 11) is 0. The zero-order valence-electron chi connectivity index (χ0n) is 6.26. The second-order valence-corrected chi connectivity index (χ2v) is 2.96. The van der Waals surface area contributed by atoms with Crippen LogP contribution in [-0.4, -0.2) is 6.04 Å². The molecular formula is C9H11ClN. The lowest BCUT2D eigenvalue weighted by Crippen LogP contribution is -2.18. The van der Waals surface area contributed by atoms with Gasteiger partial charge in [0.05, 0.1) is 0 Å². The van der Waals surface area contributed by atoms with Crippen LogP contribution in [0.4, 0.5) is 0 Å². The molecule has 1 aromatic rings. The summed E-state index contributed by atoms with van der Waals surface area (Å²) in [5.41, 5.74) is 6.59. The van der Waals surface area contributed by atoms with E-state index in [9.17, 15) is 0 Å². The molecule has 59 valence electrons. The van der Waals surface area contributed by atoms with Crippen LogP contribution in [0.15, 0.2) is 24.3 Å². The van der Waals surface area contributed by atoms with E-state index in [1.165, 1.54) is 0 Å². The van der Waals surface area contributed by atoms with Gasteiger partial charge in [0.2, 0.25) is 0 Å². The van der Waals surface area contributed by atoms with Gasteiger partial charge in [-0.2, -0.15) is 0 Å².